The van der Waals surface area contributed by atoms with Gasteiger partial charge in [0.1, 0.15) is 0 Å². The van der Waals surface area contributed by atoms with E-state index < -0.39 is 16.3 Å². The van der Waals surface area contributed by atoms with Crippen molar-refractivity contribution < 1.29 is 22.2 Å². The molecular formula is C13H14F3NO2S. The lowest BCUT2D eigenvalue weighted by atomic mass is 10.0. The van der Waals surface area contributed by atoms with Crippen LogP contribution < -0.4 is 0 Å². The predicted molar refractivity (Wildman–Crippen MR) is 68.3 cm³/mol. The zero-order valence-electron chi connectivity index (χ0n) is 10.9. The van der Waals surface area contributed by atoms with Crippen molar-refractivity contribution in [2.75, 3.05) is 6.54 Å². The number of hydrogen-bond acceptors (Lipinski definition) is 2. The van der Waals surface area contributed by atoms with E-state index in [2.05, 4.69) is 0 Å². The van der Waals surface area contributed by atoms with Gasteiger partial charge in [-0.25, -0.2) is 4.21 Å². The Morgan fingerprint density at radius 2 is 2.00 bits per heavy atom. The highest BCUT2D eigenvalue weighted by Gasteiger charge is 2.38. The summed E-state index contributed by atoms with van der Waals surface area (Å²) in [5.41, 5.74) is -3.20. The van der Waals surface area contributed by atoms with E-state index in [0.29, 0.717) is 18.5 Å². The second-order valence-electron chi connectivity index (χ2n) is 4.69. The standard InChI is InChI=1S/C13H14F3NO2S/c1-9(18)17-6-2-3-10-4-5-12(7-11(10)8-17)20(19)13(14,15)16/h4-5,7H,2-3,6,8H2,1H3. The van der Waals surface area contributed by atoms with E-state index in [9.17, 15) is 22.2 Å². The fraction of sp³-hybridized carbons (Fsp3) is 0.462. The molecule has 110 valence electrons. The first-order valence-electron chi connectivity index (χ1n) is 6.15. The second-order valence-corrected chi connectivity index (χ2v) is 6.16. The van der Waals surface area contributed by atoms with Crippen molar-refractivity contribution in [3.8, 4) is 0 Å². The third-order valence-corrected chi connectivity index (χ3v) is 4.39. The summed E-state index contributed by atoms with van der Waals surface area (Å²) in [6, 6.07) is 4.14. The Kier molecular flexibility index (Phi) is 4.17. The highest BCUT2D eigenvalue weighted by atomic mass is 32.2. The highest BCUT2D eigenvalue weighted by Crippen LogP contribution is 2.29. The molecule has 0 spiro atoms. The van der Waals surface area contributed by atoms with Gasteiger partial charge in [-0.2, -0.15) is 13.2 Å². The molecule has 1 amide bonds. The van der Waals surface area contributed by atoms with Gasteiger partial charge in [-0.15, -0.1) is 0 Å². The minimum Gasteiger partial charge on any atom is -0.339 e. The number of hydrogen-bond donors (Lipinski definition) is 0. The molecule has 0 saturated carbocycles. The topological polar surface area (TPSA) is 37.4 Å². The molecule has 3 nitrogen and oxygen atoms in total. The van der Waals surface area contributed by atoms with E-state index in [1.165, 1.54) is 19.1 Å². The minimum absolute atomic E-state index is 0.111. The van der Waals surface area contributed by atoms with Crippen molar-refractivity contribution in [3.63, 3.8) is 0 Å². The molecule has 1 heterocycles. The van der Waals surface area contributed by atoms with Crippen molar-refractivity contribution >= 4 is 16.7 Å². The van der Waals surface area contributed by atoms with Gasteiger partial charge < -0.3 is 4.90 Å². The quantitative estimate of drug-likeness (QED) is 0.800. The maximum absolute atomic E-state index is 12.5. The number of halogens is 3. The maximum atomic E-state index is 12.5. The molecule has 1 atom stereocenters. The summed E-state index contributed by atoms with van der Waals surface area (Å²) in [5, 5.41) is 0. The number of alkyl halides is 3. The molecule has 1 aliphatic heterocycles. The van der Waals surface area contributed by atoms with Crippen LogP contribution in [0.15, 0.2) is 23.1 Å². The van der Waals surface area contributed by atoms with E-state index >= 15 is 0 Å². The number of amides is 1. The van der Waals surface area contributed by atoms with Crippen LogP contribution in [-0.2, 0) is 28.6 Å². The number of carbonyl (C=O) groups excluding carboxylic acids is 1. The van der Waals surface area contributed by atoms with E-state index in [0.717, 1.165) is 12.0 Å². The van der Waals surface area contributed by atoms with Crippen molar-refractivity contribution in [1.82, 2.24) is 4.90 Å². The fourth-order valence-corrected chi connectivity index (χ4v) is 2.96. The van der Waals surface area contributed by atoms with Gasteiger partial charge in [0.05, 0.1) is 0 Å². The fourth-order valence-electron chi connectivity index (χ4n) is 2.26. The van der Waals surface area contributed by atoms with Gasteiger partial charge in [0, 0.05) is 24.9 Å². The molecule has 1 aromatic rings. The molecule has 0 aromatic heterocycles. The maximum Gasteiger partial charge on any atom is 0.475 e. The Morgan fingerprint density at radius 1 is 1.30 bits per heavy atom. The van der Waals surface area contributed by atoms with Crippen molar-refractivity contribution in [2.24, 2.45) is 0 Å². The normalized spacial score (nSPS) is 17.3. The summed E-state index contributed by atoms with van der Waals surface area (Å²) in [6.07, 6.45) is 1.48. The molecule has 0 aliphatic carbocycles. The molecule has 0 fully saturated rings. The van der Waals surface area contributed by atoms with Gasteiger partial charge in [0.2, 0.25) is 5.91 Å². The molecule has 1 aliphatic rings. The zero-order chi connectivity index (χ0) is 14.9. The van der Waals surface area contributed by atoms with Gasteiger partial charge in [-0.05, 0) is 36.1 Å². The lowest BCUT2D eigenvalue weighted by Gasteiger charge is -2.19. The lowest BCUT2D eigenvalue weighted by Crippen LogP contribution is -2.28. The number of fused-ring (bicyclic) bond motifs is 1. The van der Waals surface area contributed by atoms with Crippen LogP contribution in [0.2, 0.25) is 0 Å². The Balaban J connectivity index is 2.35. The summed E-state index contributed by atoms with van der Waals surface area (Å²) in [7, 11) is -3.03. The Hall–Kier alpha value is -1.37. The van der Waals surface area contributed by atoms with Crippen LogP contribution in [0.1, 0.15) is 24.5 Å². The van der Waals surface area contributed by atoms with Crippen LogP contribution in [0, 0.1) is 0 Å². The van der Waals surface area contributed by atoms with Crippen LogP contribution >= 0.6 is 0 Å². The van der Waals surface area contributed by atoms with E-state index in [1.807, 2.05) is 0 Å². The summed E-state index contributed by atoms with van der Waals surface area (Å²) in [4.78, 5) is 12.8. The smallest absolute Gasteiger partial charge is 0.339 e. The molecule has 1 aromatic carbocycles. The first kappa shape index (κ1) is 15.0. The Morgan fingerprint density at radius 3 is 2.60 bits per heavy atom. The molecule has 2 rings (SSSR count). The summed E-state index contributed by atoms with van der Waals surface area (Å²) in [5.74, 6) is -0.111. The molecule has 0 bridgehead atoms. The molecule has 0 radical (unpaired) electrons. The lowest BCUT2D eigenvalue weighted by molar-refractivity contribution is -0.129. The Labute approximate surface area is 117 Å². The largest absolute Gasteiger partial charge is 0.475 e. The number of carbonyl (C=O) groups is 1. The molecular weight excluding hydrogens is 291 g/mol. The van der Waals surface area contributed by atoms with E-state index in [-0.39, 0.29) is 17.3 Å². The van der Waals surface area contributed by atoms with Crippen LogP contribution in [0.5, 0.6) is 0 Å². The van der Waals surface area contributed by atoms with Gasteiger partial charge >= 0.3 is 5.51 Å². The monoisotopic (exact) mass is 305 g/mol. The van der Waals surface area contributed by atoms with Crippen LogP contribution in [-0.4, -0.2) is 27.1 Å². The molecule has 0 saturated heterocycles. The second kappa shape index (κ2) is 5.55. The number of benzene rings is 1. The van der Waals surface area contributed by atoms with Crippen LogP contribution in [0.3, 0.4) is 0 Å². The third kappa shape index (κ3) is 3.20. The van der Waals surface area contributed by atoms with E-state index in [1.54, 1.807) is 11.0 Å². The first-order chi connectivity index (χ1) is 9.29. The molecule has 20 heavy (non-hydrogen) atoms. The third-order valence-electron chi connectivity index (χ3n) is 3.28. The highest BCUT2D eigenvalue weighted by molar-refractivity contribution is 7.86. The zero-order valence-corrected chi connectivity index (χ0v) is 11.7. The van der Waals surface area contributed by atoms with Crippen molar-refractivity contribution in [1.29, 1.82) is 0 Å². The average molecular weight is 305 g/mol. The van der Waals surface area contributed by atoms with Crippen molar-refractivity contribution in [3.05, 3.63) is 29.3 Å². The van der Waals surface area contributed by atoms with Crippen LogP contribution in [0.4, 0.5) is 13.2 Å². The Bertz CT molecular complexity index is 557. The summed E-state index contributed by atoms with van der Waals surface area (Å²) < 4.78 is 48.8. The number of nitrogens with zero attached hydrogens (tertiary/aromatic N) is 1. The van der Waals surface area contributed by atoms with Gasteiger partial charge in [0.25, 0.3) is 0 Å². The average Bonchev–Trinajstić information content (AvgIpc) is 2.57. The SMILES string of the molecule is CC(=O)N1CCCc2ccc(S(=O)C(F)(F)F)cc2C1. The first-order valence-corrected chi connectivity index (χ1v) is 7.30. The van der Waals surface area contributed by atoms with Gasteiger partial charge in [-0.3, -0.25) is 4.79 Å². The molecule has 0 N–H and O–H groups in total. The minimum atomic E-state index is -4.76. The molecule has 1 unspecified atom stereocenters. The van der Waals surface area contributed by atoms with Crippen molar-refractivity contribution in [2.45, 2.75) is 36.7 Å². The predicted octanol–water partition coefficient (Wildman–Crippen LogP) is 2.61. The molecule has 7 heteroatoms. The van der Waals surface area contributed by atoms with Gasteiger partial charge in [-0.1, -0.05) is 6.07 Å². The van der Waals surface area contributed by atoms with Crippen LogP contribution in [0.25, 0.3) is 0 Å². The number of rotatable bonds is 1. The summed E-state index contributed by atoms with van der Waals surface area (Å²) >= 11 is 0. The van der Waals surface area contributed by atoms with Gasteiger partial charge in [0.15, 0.2) is 10.8 Å². The number of aryl methyl sites for hydroxylation is 1. The summed E-state index contributed by atoms with van der Waals surface area (Å²) in [6.45, 7) is 2.29. The van der Waals surface area contributed by atoms with E-state index in [4.69, 9.17) is 0 Å².